The number of esters is 1. The number of aromatic nitrogens is 2. The van der Waals surface area contributed by atoms with Crippen molar-refractivity contribution >= 4 is 11.8 Å². The van der Waals surface area contributed by atoms with E-state index in [2.05, 4.69) is 14.7 Å². The second-order valence-corrected chi connectivity index (χ2v) is 2.70. The number of ether oxygens (including phenoxy) is 1. The highest BCUT2D eigenvalue weighted by molar-refractivity contribution is 6.06. The summed E-state index contributed by atoms with van der Waals surface area (Å²) < 4.78 is 4.38. The maximum Gasteiger partial charge on any atom is 0.313 e. The molecule has 0 aliphatic rings. The van der Waals surface area contributed by atoms with Gasteiger partial charge in [-0.05, 0) is 6.92 Å². The number of aryl methyl sites for hydroxylation is 1. The lowest BCUT2D eigenvalue weighted by molar-refractivity contribution is -0.139. The molecule has 0 unspecified atom stereocenters. The van der Waals surface area contributed by atoms with Crippen LogP contribution in [-0.4, -0.2) is 28.8 Å². The Morgan fingerprint density at radius 1 is 1.50 bits per heavy atom. The Morgan fingerprint density at radius 3 is 2.79 bits per heavy atom. The molecule has 1 aromatic heterocycles. The molecule has 0 atom stereocenters. The van der Waals surface area contributed by atoms with Crippen LogP contribution in [0, 0.1) is 6.92 Å². The third-order valence-electron chi connectivity index (χ3n) is 1.74. The number of hydrogen-bond donors (Lipinski definition) is 0. The third kappa shape index (κ3) is 2.35. The van der Waals surface area contributed by atoms with Crippen LogP contribution in [-0.2, 0) is 9.53 Å². The van der Waals surface area contributed by atoms with Crippen LogP contribution < -0.4 is 0 Å². The van der Waals surface area contributed by atoms with E-state index in [1.165, 1.54) is 19.6 Å². The number of carbonyl (C=O) groups is 2. The molecule has 5 nitrogen and oxygen atoms in total. The van der Waals surface area contributed by atoms with E-state index in [0.717, 1.165) is 0 Å². The zero-order valence-electron chi connectivity index (χ0n) is 7.98. The van der Waals surface area contributed by atoms with Crippen LogP contribution in [0.3, 0.4) is 0 Å². The highest BCUT2D eigenvalue weighted by Crippen LogP contribution is 2.05. The van der Waals surface area contributed by atoms with Crippen molar-refractivity contribution in [1.82, 2.24) is 9.97 Å². The van der Waals surface area contributed by atoms with Crippen LogP contribution >= 0.6 is 0 Å². The van der Waals surface area contributed by atoms with Crippen LogP contribution in [0.25, 0.3) is 0 Å². The Hall–Kier alpha value is -1.78. The van der Waals surface area contributed by atoms with E-state index >= 15 is 0 Å². The molecule has 5 heteroatoms. The van der Waals surface area contributed by atoms with Gasteiger partial charge in [0.2, 0.25) is 0 Å². The summed E-state index contributed by atoms with van der Waals surface area (Å²) in [6, 6.07) is 0. The molecule has 0 saturated heterocycles. The van der Waals surface area contributed by atoms with Crippen LogP contribution in [0.2, 0.25) is 0 Å². The zero-order chi connectivity index (χ0) is 10.6. The molecule has 0 saturated carbocycles. The number of carbonyl (C=O) groups excluding carboxylic acids is 2. The molecule has 0 N–H and O–H groups in total. The molecule has 0 aromatic carbocycles. The molecule has 1 rings (SSSR count). The monoisotopic (exact) mass is 194 g/mol. The minimum absolute atomic E-state index is 0.273. The smallest absolute Gasteiger partial charge is 0.313 e. The van der Waals surface area contributed by atoms with Crippen molar-refractivity contribution in [3.63, 3.8) is 0 Å². The van der Waals surface area contributed by atoms with E-state index in [0.29, 0.717) is 11.3 Å². The number of rotatable bonds is 3. The molecule has 0 fully saturated rings. The van der Waals surface area contributed by atoms with Crippen molar-refractivity contribution in [2.45, 2.75) is 13.3 Å². The standard InChI is InChI=1S/C9H10N2O3/c1-6-7(4-10-5-11-6)8(12)3-9(13)14-2/h4-5H,3H2,1-2H3. The maximum absolute atomic E-state index is 11.5. The summed E-state index contributed by atoms with van der Waals surface area (Å²) in [6.45, 7) is 1.69. The van der Waals surface area contributed by atoms with Crippen molar-refractivity contribution in [3.05, 3.63) is 23.8 Å². The molecule has 0 spiro atoms. The summed E-state index contributed by atoms with van der Waals surface area (Å²) in [5.74, 6) is -0.881. The Kier molecular flexibility index (Phi) is 3.28. The summed E-state index contributed by atoms with van der Waals surface area (Å²) in [4.78, 5) is 29.8. The summed E-state index contributed by atoms with van der Waals surface area (Å²) in [7, 11) is 1.24. The van der Waals surface area contributed by atoms with Crippen molar-refractivity contribution in [2.24, 2.45) is 0 Å². The molecule has 0 radical (unpaired) electrons. The first-order valence-corrected chi connectivity index (χ1v) is 4.01. The van der Waals surface area contributed by atoms with Gasteiger partial charge in [-0.2, -0.15) is 0 Å². The summed E-state index contributed by atoms with van der Waals surface area (Å²) >= 11 is 0. The summed E-state index contributed by atoms with van der Waals surface area (Å²) in [6.07, 6.45) is 2.47. The van der Waals surface area contributed by atoms with Gasteiger partial charge < -0.3 is 4.74 Å². The number of Topliss-reactive ketones (excluding diaryl/α,β-unsaturated/α-hetero) is 1. The minimum Gasteiger partial charge on any atom is -0.469 e. The Labute approximate surface area is 81.1 Å². The normalized spacial score (nSPS) is 9.57. The molecule has 74 valence electrons. The molecule has 14 heavy (non-hydrogen) atoms. The van der Waals surface area contributed by atoms with Gasteiger partial charge in [0.05, 0.1) is 18.4 Å². The molecule has 0 amide bonds. The first-order valence-electron chi connectivity index (χ1n) is 4.01. The van der Waals surface area contributed by atoms with Crippen LogP contribution in [0.15, 0.2) is 12.5 Å². The van der Waals surface area contributed by atoms with E-state index in [4.69, 9.17) is 0 Å². The van der Waals surface area contributed by atoms with Gasteiger partial charge in [-0.3, -0.25) is 9.59 Å². The van der Waals surface area contributed by atoms with Crippen molar-refractivity contribution in [1.29, 1.82) is 0 Å². The van der Waals surface area contributed by atoms with Crippen LogP contribution in [0.5, 0.6) is 0 Å². The van der Waals surface area contributed by atoms with Crippen LogP contribution in [0.1, 0.15) is 22.5 Å². The summed E-state index contributed by atoms with van der Waals surface area (Å²) in [5, 5.41) is 0. The molecule has 0 aliphatic heterocycles. The maximum atomic E-state index is 11.5. The van der Waals surface area contributed by atoms with E-state index in [1.807, 2.05) is 0 Å². The molecule has 0 aliphatic carbocycles. The largest absolute Gasteiger partial charge is 0.469 e. The number of nitrogens with zero attached hydrogens (tertiary/aromatic N) is 2. The SMILES string of the molecule is COC(=O)CC(=O)c1cncnc1C. The van der Waals surface area contributed by atoms with Gasteiger partial charge in [-0.15, -0.1) is 0 Å². The first kappa shape index (κ1) is 10.3. The second-order valence-electron chi connectivity index (χ2n) is 2.70. The van der Waals surface area contributed by atoms with Crippen molar-refractivity contribution in [2.75, 3.05) is 7.11 Å². The van der Waals surface area contributed by atoms with Gasteiger partial charge >= 0.3 is 5.97 Å². The predicted octanol–water partition coefficient (Wildman–Crippen LogP) is 0.531. The van der Waals surface area contributed by atoms with Crippen LogP contribution in [0.4, 0.5) is 0 Å². The third-order valence-corrected chi connectivity index (χ3v) is 1.74. The minimum atomic E-state index is -0.557. The highest BCUT2D eigenvalue weighted by Gasteiger charge is 2.14. The number of hydrogen-bond acceptors (Lipinski definition) is 5. The second kappa shape index (κ2) is 4.45. The Bertz CT molecular complexity index is 363. The molecule has 0 bridgehead atoms. The van der Waals surface area contributed by atoms with E-state index < -0.39 is 5.97 Å². The number of ketones is 1. The first-order chi connectivity index (χ1) is 6.65. The lowest BCUT2D eigenvalue weighted by Gasteiger charge is -2.01. The van der Waals surface area contributed by atoms with Gasteiger partial charge in [0.15, 0.2) is 5.78 Å². The van der Waals surface area contributed by atoms with Gasteiger partial charge in [0.25, 0.3) is 0 Å². The van der Waals surface area contributed by atoms with Gasteiger partial charge in [-0.1, -0.05) is 0 Å². The quantitative estimate of drug-likeness (QED) is 0.399. The van der Waals surface area contributed by atoms with Crippen molar-refractivity contribution in [3.8, 4) is 0 Å². The van der Waals surface area contributed by atoms with Crippen molar-refractivity contribution < 1.29 is 14.3 Å². The lowest BCUT2D eigenvalue weighted by Crippen LogP contribution is -2.11. The Balaban J connectivity index is 2.80. The molecular weight excluding hydrogens is 184 g/mol. The van der Waals surface area contributed by atoms with E-state index in [1.54, 1.807) is 6.92 Å². The molecule has 1 heterocycles. The van der Waals surface area contributed by atoms with Gasteiger partial charge in [0.1, 0.15) is 12.7 Å². The Morgan fingerprint density at radius 2 is 2.21 bits per heavy atom. The van der Waals surface area contributed by atoms with E-state index in [9.17, 15) is 9.59 Å². The van der Waals surface area contributed by atoms with Gasteiger partial charge in [-0.25, -0.2) is 9.97 Å². The predicted molar refractivity (Wildman–Crippen MR) is 47.7 cm³/mol. The average molecular weight is 194 g/mol. The fourth-order valence-electron chi connectivity index (χ4n) is 0.963. The van der Waals surface area contributed by atoms with Gasteiger partial charge in [0, 0.05) is 6.20 Å². The topological polar surface area (TPSA) is 69.2 Å². The van der Waals surface area contributed by atoms with E-state index in [-0.39, 0.29) is 12.2 Å². The highest BCUT2D eigenvalue weighted by atomic mass is 16.5. The average Bonchev–Trinajstić information content (AvgIpc) is 2.18. The fraction of sp³-hybridized carbons (Fsp3) is 0.333. The fourth-order valence-corrected chi connectivity index (χ4v) is 0.963. The summed E-state index contributed by atoms with van der Waals surface area (Å²) in [5.41, 5.74) is 0.923. The molecular formula is C9H10N2O3. The lowest BCUT2D eigenvalue weighted by atomic mass is 10.1. The number of methoxy groups -OCH3 is 1. The zero-order valence-corrected chi connectivity index (χ0v) is 7.98. The molecule has 1 aromatic rings.